The van der Waals surface area contributed by atoms with Gasteiger partial charge in [0.05, 0.1) is 0 Å². The number of hydrogen-bond donors (Lipinski definition) is 0. The van der Waals surface area contributed by atoms with Crippen molar-refractivity contribution in [1.29, 1.82) is 0 Å². The quantitative estimate of drug-likeness (QED) is 0.683. The maximum Gasteiger partial charge on any atom is 0.00128 e. The van der Waals surface area contributed by atoms with Crippen LogP contribution < -0.4 is 0 Å². The summed E-state index contributed by atoms with van der Waals surface area (Å²) in [6.45, 7) is 2.76. The molecule has 1 aliphatic carbocycles. The number of fused-ring (bicyclic) bond motifs is 1. The summed E-state index contributed by atoms with van der Waals surface area (Å²) in [5, 5.41) is 0. The van der Waals surface area contributed by atoms with E-state index in [0.717, 1.165) is 17.8 Å². The zero-order valence-corrected chi connectivity index (χ0v) is 10.9. The molecule has 1 saturated heterocycles. The van der Waals surface area contributed by atoms with Crippen LogP contribution >= 0.6 is 10.0 Å². The van der Waals surface area contributed by atoms with E-state index >= 15 is 0 Å². The molecule has 1 heterocycles. The third-order valence-corrected chi connectivity index (χ3v) is 5.33. The Hall–Kier alpha value is 0.310. The molecule has 2 rings (SSSR count). The lowest BCUT2D eigenvalue weighted by molar-refractivity contribution is 0.349. The summed E-state index contributed by atoms with van der Waals surface area (Å²) < 4.78 is 0. The van der Waals surface area contributed by atoms with E-state index in [4.69, 9.17) is 0 Å². The average Bonchev–Trinajstić information content (AvgIpc) is 2.49. The molecule has 0 bridgehead atoms. The number of rotatable bonds is 2. The number of hydrogen-bond acceptors (Lipinski definition) is 1. The second-order valence-electron chi connectivity index (χ2n) is 6.24. The predicted octanol–water partition coefficient (Wildman–Crippen LogP) is 2.27. The summed E-state index contributed by atoms with van der Waals surface area (Å²) in [7, 11) is 2.01. The Kier molecular flexibility index (Phi) is 2.87. The van der Waals surface area contributed by atoms with E-state index in [2.05, 4.69) is 30.7 Å². The third kappa shape index (κ3) is 2.27. The van der Waals surface area contributed by atoms with Gasteiger partial charge >= 0.3 is 0 Å². The molecule has 0 spiro atoms. The molecule has 14 heavy (non-hydrogen) atoms. The van der Waals surface area contributed by atoms with Gasteiger partial charge < -0.3 is 4.90 Å². The Balaban J connectivity index is 1.95. The van der Waals surface area contributed by atoms with Gasteiger partial charge in [-0.2, -0.15) is 0 Å². The summed E-state index contributed by atoms with van der Waals surface area (Å²) in [6, 6.07) is 0. The van der Waals surface area contributed by atoms with Crippen molar-refractivity contribution in [3.63, 3.8) is 0 Å². The van der Waals surface area contributed by atoms with Crippen molar-refractivity contribution in [3.8, 4) is 0 Å². The normalized spacial score (nSPS) is 40.1. The van der Waals surface area contributed by atoms with E-state index in [-0.39, 0.29) is 10.0 Å². The van der Waals surface area contributed by atoms with Crippen LogP contribution in [-0.2, 0) is 0 Å². The van der Waals surface area contributed by atoms with Gasteiger partial charge in [0.25, 0.3) is 0 Å². The molecule has 1 saturated carbocycles. The fourth-order valence-corrected chi connectivity index (χ4v) is 5.15. The molecule has 0 aromatic rings. The summed E-state index contributed by atoms with van der Waals surface area (Å²) in [5.74, 6) is 4.67. The van der Waals surface area contributed by atoms with Crippen molar-refractivity contribution in [2.75, 3.05) is 44.7 Å². The lowest BCUT2D eigenvalue weighted by atomic mass is 9.94. The molecule has 1 aliphatic heterocycles. The highest BCUT2D eigenvalue weighted by Crippen LogP contribution is 2.48. The first-order chi connectivity index (χ1) is 6.46. The van der Waals surface area contributed by atoms with Gasteiger partial charge in [-0.05, 0) is 62.2 Å². The average molecular weight is 215 g/mol. The molecule has 2 fully saturated rings. The van der Waals surface area contributed by atoms with Gasteiger partial charge in [0.2, 0.25) is 0 Å². The van der Waals surface area contributed by atoms with Gasteiger partial charge in [-0.15, -0.1) is 0 Å². The molecule has 1 nitrogen and oxygen atoms in total. The lowest BCUT2D eigenvalue weighted by Gasteiger charge is -2.31. The highest BCUT2D eigenvalue weighted by atomic mass is 32.3. The minimum Gasteiger partial charge on any atom is -0.306 e. The second kappa shape index (κ2) is 3.71. The summed E-state index contributed by atoms with van der Waals surface area (Å²) in [4.78, 5) is 2.54. The first-order valence-electron chi connectivity index (χ1n) is 5.80. The Morgan fingerprint density at radius 1 is 1.14 bits per heavy atom. The minimum absolute atomic E-state index is 0.282. The molecule has 0 amide bonds. The summed E-state index contributed by atoms with van der Waals surface area (Å²) in [6.07, 6.45) is 10.4. The van der Waals surface area contributed by atoms with Crippen LogP contribution in [0.15, 0.2) is 0 Å². The van der Waals surface area contributed by atoms with Crippen LogP contribution in [0.1, 0.15) is 12.8 Å². The van der Waals surface area contributed by atoms with Gasteiger partial charge in [-0.25, -0.2) is 10.0 Å². The standard InChI is InChI=1S/C12H25NS/c1-13-7-10-5-6-11(12(10)8-13)9-14(2,3)4/h10-12H,5-9H2,1-4H3. The fourth-order valence-electron chi connectivity index (χ4n) is 3.45. The molecule has 2 aliphatic rings. The Morgan fingerprint density at radius 3 is 2.50 bits per heavy atom. The molecular weight excluding hydrogens is 190 g/mol. The molecule has 0 radical (unpaired) electrons. The van der Waals surface area contributed by atoms with Crippen LogP contribution in [0.2, 0.25) is 0 Å². The Labute approximate surface area is 90.6 Å². The first kappa shape index (κ1) is 10.8. The molecule has 0 N–H and O–H groups in total. The fraction of sp³-hybridized carbons (Fsp3) is 1.00. The van der Waals surface area contributed by atoms with Crippen LogP contribution in [0.3, 0.4) is 0 Å². The maximum absolute atomic E-state index is 2.54. The van der Waals surface area contributed by atoms with Crippen LogP contribution in [0.4, 0.5) is 0 Å². The highest BCUT2D eigenvalue weighted by molar-refractivity contribution is 8.32. The van der Waals surface area contributed by atoms with E-state index in [9.17, 15) is 0 Å². The monoisotopic (exact) mass is 215 g/mol. The molecule has 84 valence electrons. The second-order valence-corrected chi connectivity index (χ2v) is 10.8. The SMILES string of the molecule is CN1CC2CCC(CS(C)(C)C)C2C1. The van der Waals surface area contributed by atoms with Gasteiger partial charge in [-0.1, -0.05) is 0 Å². The van der Waals surface area contributed by atoms with Gasteiger partial charge in [0.1, 0.15) is 0 Å². The van der Waals surface area contributed by atoms with Crippen LogP contribution in [0.5, 0.6) is 0 Å². The van der Waals surface area contributed by atoms with Crippen LogP contribution in [-0.4, -0.2) is 49.6 Å². The molecule has 3 atom stereocenters. The van der Waals surface area contributed by atoms with Crippen molar-refractivity contribution in [1.82, 2.24) is 4.90 Å². The highest BCUT2D eigenvalue weighted by Gasteiger charge is 2.41. The predicted molar refractivity (Wildman–Crippen MR) is 67.4 cm³/mol. The minimum atomic E-state index is -0.282. The first-order valence-corrected chi connectivity index (χ1v) is 8.83. The van der Waals surface area contributed by atoms with Crippen molar-refractivity contribution in [2.45, 2.75) is 12.8 Å². The topological polar surface area (TPSA) is 3.24 Å². The molecule has 2 heteroatoms. The zero-order chi connectivity index (χ0) is 10.3. The van der Waals surface area contributed by atoms with Crippen LogP contribution in [0, 0.1) is 17.8 Å². The van der Waals surface area contributed by atoms with Crippen LogP contribution in [0.25, 0.3) is 0 Å². The number of likely N-dealkylation sites (tertiary alicyclic amines) is 1. The lowest BCUT2D eigenvalue weighted by Crippen LogP contribution is -2.22. The smallest absolute Gasteiger partial charge is 0.00128 e. The molecule has 0 aromatic carbocycles. The van der Waals surface area contributed by atoms with E-state index in [1.807, 2.05) is 0 Å². The number of nitrogens with zero attached hydrogens (tertiary/aromatic N) is 1. The zero-order valence-electron chi connectivity index (χ0n) is 10.1. The van der Waals surface area contributed by atoms with Gasteiger partial charge in [-0.3, -0.25) is 0 Å². The Bertz CT molecular complexity index is 209. The summed E-state index contributed by atoms with van der Waals surface area (Å²) >= 11 is 0. The largest absolute Gasteiger partial charge is 0.306 e. The van der Waals surface area contributed by atoms with E-state index in [1.165, 1.54) is 31.7 Å². The maximum atomic E-state index is 2.54. The van der Waals surface area contributed by atoms with E-state index in [0.29, 0.717) is 0 Å². The van der Waals surface area contributed by atoms with Gasteiger partial charge in [0, 0.05) is 13.1 Å². The Morgan fingerprint density at radius 2 is 1.86 bits per heavy atom. The van der Waals surface area contributed by atoms with Crippen molar-refractivity contribution < 1.29 is 0 Å². The molecule has 3 unspecified atom stereocenters. The molecular formula is C12H25NS. The molecule has 0 aromatic heterocycles. The van der Waals surface area contributed by atoms with Crippen molar-refractivity contribution in [2.24, 2.45) is 17.8 Å². The van der Waals surface area contributed by atoms with Crippen molar-refractivity contribution >= 4 is 10.0 Å². The van der Waals surface area contributed by atoms with Gasteiger partial charge in [0.15, 0.2) is 0 Å². The van der Waals surface area contributed by atoms with Crippen molar-refractivity contribution in [3.05, 3.63) is 0 Å². The van der Waals surface area contributed by atoms with E-state index in [1.54, 1.807) is 0 Å². The third-order valence-electron chi connectivity index (χ3n) is 3.90. The van der Waals surface area contributed by atoms with E-state index < -0.39 is 0 Å². The summed E-state index contributed by atoms with van der Waals surface area (Å²) in [5.41, 5.74) is 0.